The molecule has 1 aromatic carbocycles. The van der Waals surface area contributed by atoms with Crippen molar-refractivity contribution in [3.8, 4) is 0 Å². The number of nitrogens with one attached hydrogen (secondary N) is 2. The molecule has 132 valence electrons. The topological polar surface area (TPSA) is 41.1 Å². The predicted octanol–water partition coefficient (Wildman–Crippen LogP) is 4.56. The van der Waals surface area contributed by atoms with Crippen molar-refractivity contribution >= 4 is 6.03 Å². The first-order valence-electron chi connectivity index (χ1n) is 8.62. The van der Waals surface area contributed by atoms with E-state index in [1.807, 2.05) is 30.3 Å². The van der Waals surface area contributed by atoms with Crippen LogP contribution in [-0.2, 0) is 0 Å². The number of benzene rings is 1. The maximum atomic E-state index is 12.7. The zero-order valence-corrected chi connectivity index (χ0v) is 13.5. The van der Waals surface area contributed by atoms with Crippen LogP contribution in [0.2, 0.25) is 0 Å². The van der Waals surface area contributed by atoms with Crippen LogP contribution in [0.25, 0.3) is 0 Å². The van der Waals surface area contributed by atoms with Crippen molar-refractivity contribution in [3.63, 3.8) is 0 Å². The van der Waals surface area contributed by atoms with E-state index >= 15 is 0 Å². The molecule has 6 heteroatoms. The van der Waals surface area contributed by atoms with E-state index in [-0.39, 0.29) is 31.0 Å². The first-order valence-corrected chi connectivity index (χ1v) is 8.62. The molecule has 0 spiro atoms. The standard InChI is InChI=1S/C18H23F3N2O/c19-18(20,21)14-8-10-15(11-9-14)22-17(24)23-16(13-6-7-13)12-4-2-1-3-5-12/h1-5,13-16H,6-11H2,(H2,22,23,24). The maximum Gasteiger partial charge on any atom is 0.391 e. The minimum Gasteiger partial charge on any atom is -0.335 e. The Hall–Kier alpha value is -1.72. The highest BCUT2D eigenvalue weighted by atomic mass is 19.4. The second kappa shape index (κ2) is 7.03. The number of carbonyl (C=O) groups is 1. The van der Waals surface area contributed by atoms with E-state index in [0.717, 1.165) is 18.4 Å². The normalized spacial score (nSPS) is 25.8. The highest BCUT2D eigenvalue weighted by molar-refractivity contribution is 5.75. The lowest BCUT2D eigenvalue weighted by atomic mass is 9.85. The van der Waals surface area contributed by atoms with Crippen molar-refractivity contribution in [2.45, 2.75) is 56.8 Å². The van der Waals surface area contributed by atoms with Crippen molar-refractivity contribution in [1.82, 2.24) is 10.6 Å². The quantitative estimate of drug-likeness (QED) is 0.829. The van der Waals surface area contributed by atoms with E-state index in [1.54, 1.807) is 0 Å². The van der Waals surface area contributed by atoms with E-state index < -0.39 is 12.1 Å². The molecule has 0 bridgehead atoms. The smallest absolute Gasteiger partial charge is 0.335 e. The number of hydrogen-bond donors (Lipinski definition) is 2. The molecule has 0 saturated heterocycles. The first-order chi connectivity index (χ1) is 11.4. The van der Waals surface area contributed by atoms with Crippen LogP contribution < -0.4 is 10.6 Å². The molecule has 3 rings (SSSR count). The second-order valence-electron chi connectivity index (χ2n) is 6.93. The summed E-state index contributed by atoms with van der Waals surface area (Å²) in [4.78, 5) is 12.3. The van der Waals surface area contributed by atoms with Crippen LogP contribution in [0.3, 0.4) is 0 Å². The Labute approximate surface area is 140 Å². The molecule has 2 N–H and O–H groups in total. The fraction of sp³-hybridized carbons (Fsp3) is 0.611. The van der Waals surface area contributed by atoms with Gasteiger partial charge in [-0.25, -0.2) is 4.79 Å². The minimum absolute atomic E-state index is 0.0160. The van der Waals surface area contributed by atoms with Crippen molar-refractivity contribution in [1.29, 1.82) is 0 Å². The Balaban J connectivity index is 1.50. The zero-order chi connectivity index (χ0) is 17.2. The number of hydrogen-bond acceptors (Lipinski definition) is 1. The summed E-state index contributed by atoms with van der Waals surface area (Å²) in [5.74, 6) is -0.763. The van der Waals surface area contributed by atoms with Gasteiger partial charge in [0.15, 0.2) is 0 Å². The van der Waals surface area contributed by atoms with E-state index in [0.29, 0.717) is 18.8 Å². The number of rotatable bonds is 4. The fourth-order valence-corrected chi connectivity index (χ4v) is 3.50. The van der Waals surface area contributed by atoms with Crippen LogP contribution >= 0.6 is 0 Å². The molecule has 1 aromatic rings. The van der Waals surface area contributed by atoms with E-state index in [9.17, 15) is 18.0 Å². The van der Waals surface area contributed by atoms with E-state index in [2.05, 4.69) is 10.6 Å². The molecular formula is C18H23F3N2O. The van der Waals surface area contributed by atoms with E-state index in [4.69, 9.17) is 0 Å². The number of alkyl halides is 3. The summed E-state index contributed by atoms with van der Waals surface area (Å²) in [6.07, 6.45) is -0.961. The zero-order valence-electron chi connectivity index (χ0n) is 13.5. The van der Waals surface area contributed by atoms with Gasteiger partial charge < -0.3 is 10.6 Å². The monoisotopic (exact) mass is 340 g/mol. The lowest BCUT2D eigenvalue weighted by molar-refractivity contribution is -0.182. The van der Waals surface area contributed by atoms with Gasteiger partial charge in [0.25, 0.3) is 0 Å². The molecule has 0 heterocycles. The number of urea groups is 1. The first kappa shape index (κ1) is 17.1. The summed E-state index contributed by atoms with van der Waals surface area (Å²) in [5.41, 5.74) is 1.08. The van der Waals surface area contributed by atoms with Gasteiger partial charge >= 0.3 is 12.2 Å². The number of carbonyl (C=O) groups excluding carboxylic acids is 1. The summed E-state index contributed by atoms with van der Waals surface area (Å²) in [5, 5.41) is 5.87. The van der Waals surface area contributed by atoms with Gasteiger partial charge in [0.2, 0.25) is 0 Å². The van der Waals surface area contributed by atoms with Gasteiger partial charge in [0.05, 0.1) is 12.0 Å². The Kier molecular flexibility index (Phi) is 5.01. The predicted molar refractivity (Wildman–Crippen MR) is 85.4 cm³/mol. The molecule has 0 aliphatic heterocycles. The van der Waals surface area contributed by atoms with Gasteiger partial charge in [-0.2, -0.15) is 13.2 Å². The van der Waals surface area contributed by atoms with E-state index in [1.165, 1.54) is 0 Å². The Morgan fingerprint density at radius 1 is 1.00 bits per heavy atom. The highest BCUT2D eigenvalue weighted by Gasteiger charge is 2.41. The lowest BCUT2D eigenvalue weighted by Gasteiger charge is -2.31. The van der Waals surface area contributed by atoms with Crippen LogP contribution in [0.5, 0.6) is 0 Å². The molecule has 2 saturated carbocycles. The molecule has 0 aromatic heterocycles. The van der Waals surface area contributed by atoms with Gasteiger partial charge in [-0.1, -0.05) is 30.3 Å². The minimum atomic E-state index is -4.11. The second-order valence-corrected chi connectivity index (χ2v) is 6.93. The van der Waals surface area contributed by atoms with Gasteiger partial charge in [-0.3, -0.25) is 0 Å². The lowest BCUT2D eigenvalue weighted by Crippen LogP contribution is -2.46. The SMILES string of the molecule is O=C(NC1CCC(C(F)(F)F)CC1)NC(c1ccccc1)C1CC1. The van der Waals surface area contributed by atoms with Crippen molar-refractivity contribution < 1.29 is 18.0 Å². The molecule has 2 aliphatic rings. The third-order valence-corrected chi connectivity index (χ3v) is 5.06. The Morgan fingerprint density at radius 2 is 1.62 bits per heavy atom. The van der Waals surface area contributed by atoms with Gasteiger partial charge in [0, 0.05) is 6.04 Å². The summed E-state index contributed by atoms with van der Waals surface area (Å²) in [6.45, 7) is 0. The third kappa shape index (κ3) is 4.42. The van der Waals surface area contributed by atoms with Crippen LogP contribution in [0.1, 0.15) is 50.1 Å². The summed E-state index contributed by atoms with van der Waals surface area (Å²) >= 11 is 0. The third-order valence-electron chi connectivity index (χ3n) is 5.06. The Morgan fingerprint density at radius 3 is 2.17 bits per heavy atom. The number of halogens is 3. The molecule has 24 heavy (non-hydrogen) atoms. The maximum absolute atomic E-state index is 12.7. The largest absolute Gasteiger partial charge is 0.391 e. The summed E-state index contributed by atoms with van der Waals surface area (Å²) < 4.78 is 38.1. The van der Waals surface area contributed by atoms with Crippen molar-refractivity contribution in [3.05, 3.63) is 35.9 Å². The molecule has 2 amide bonds. The molecule has 1 atom stereocenters. The number of amides is 2. The van der Waals surface area contributed by atoms with Crippen LogP contribution in [0.4, 0.5) is 18.0 Å². The van der Waals surface area contributed by atoms with Crippen LogP contribution in [0.15, 0.2) is 30.3 Å². The molecule has 3 nitrogen and oxygen atoms in total. The average Bonchev–Trinajstić information content (AvgIpc) is 3.38. The van der Waals surface area contributed by atoms with Crippen LogP contribution in [-0.4, -0.2) is 18.2 Å². The molecule has 2 fully saturated rings. The van der Waals surface area contributed by atoms with Crippen LogP contribution in [0, 0.1) is 11.8 Å². The highest BCUT2D eigenvalue weighted by Crippen LogP contribution is 2.41. The average molecular weight is 340 g/mol. The van der Waals surface area contributed by atoms with Gasteiger partial charge in [0.1, 0.15) is 0 Å². The molecule has 0 radical (unpaired) electrons. The van der Waals surface area contributed by atoms with Gasteiger partial charge in [-0.15, -0.1) is 0 Å². The fourth-order valence-electron chi connectivity index (χ4n) is 3.50. The molecular weight excluding hydrogens is 317 g/mol. The molecule has 2 aliphatic carbocycles. The molecule has 1 unspecified atom stereocenters. The van der Waals surface area contributed by atoms with Crippen molar-refractivity contribution in [2.75, 3.05) is 0 Å². The summed E-state index contributed by atoms with van der Waals surface area (Å²) in [6, 6.07) is 9.37. The summed E-state index contributed by atoms with van der Waals surface area (Å²) in [7, 11) is 0. The Bertz CT molecular complexity index is 549. The van der Waals surface area contributed by atoms with Crippen molar-refractivity contribution in [2.24, 2.45) is 11.8 Å². The van der Waals surface area contributed by atoms with Gasteiger partial charge in [-0.05, 0) is 50.0 Å².